The molecule has 1 aromatic heterocycles. The molecule has 7 heteroatoms. The van der Waals surface area contributed by atoms with E-state index in [-0.39, 0.29) is 18.0 Å². The Morgan fingerprint density at radius 2 is 2.15 bits per heavy atom. The molecule has 2 aliphatic rings. The Hall–Kier alpha value is -1.50. The summed E-state index contributed by atoms with van der Waals surface area (Å²) in [5.74, 6) is 1.33. The van der Waals surface area contributed by atoms with Gasteiger partial charge in [-0.05, 0) is 38.5 Å². The second-order valence-corrected chi connectivity index (χ2v) is 5.95. The zero-order valence-corrected chi connectivity index (χ0v) is 11.8. The molecule has 4 unspecified atom stereocenters. The molecule has 3 rings (SSSR count). The van der Waals surface area contributed by atoms with Gasteiger partial charge in [0, 0.05) is 6.04 Å². The number of hydrogen-bond donors (Lipinski definition) is 3. The highest BCUT2D eigenvalue weighted by Crippen LogP contribution is 2.32. The average Bonchev–Trinajstić information content (AvgIpc) is 3.01. The number of nitrogens with zero attached hydrogens (tertiary/aromatic N) is 3. The molecule has 20 heavy (non-hydrogen) atoms. The van der Waals surface area contributed by atoms with Crippen LogP contribution in [0.15, 0.2) is 0 Å². The van der Waals surface area contributed by atoms with Gasteiger partial charge in [-0.15, -0.1) is 10.2 Å². The number of carbonyl (C=O) groups excluding carboxylic acids is 1. The predicted octanol–water partition coefficient (Wildman–Crippen LogP) is 0.688. The van der Waals surface area contributed by atoms with E-state index in [4.69, 9.17) is 0 Å². The van der Waals surface area contributed by atoms with Gasteiger partial charge in [-0.25, -0.2) is 0 Å². The van der Waals surface area contributed by atoms with Crippen molar-refractivity contribution in [2.45, 2.75) is 63.6 Å². The number of nitrogens with one attached hydrogen (secondary N) is 3. The Bertz CT molecular complexity index is 448. The number of rotatable bonds is 3. The molecule has 1 aliphatic heterocycles. The molecule has 0 spiro atoms. The van der Waals surface area contributed by atoms with E-state index in [1.54, 1.807) is 0 Å². The van der Waals surface area contributed by atoms with Crippen molar-refractivity contribution in [2.24, 2.45) is 5.92 Å². The third-order valence-electron chi connectivity index (χ3n) is 4.57. The smallest absolute Gasteiger partial charge is 0.237 e. The molecule has 1 aliphatic carbocycles. The van der Waals surface area contributed by atoms with Gasteiger partial charge in [0.25, 0.3) is 0 Å². The summed E-state index contributed by atoms with van der Waals surface area (Å²) < 4.78 is 0. The topological polar surface area (TPSA) is 95.6 Å². The number of tetrazole rings is 1. The van der Waals surface area contributed by atoms with E-state index >= 15 is 0 Å². The van der Waals surface area contributed by atoms with E-state index in [9.17, 15) is 4.79 Å². The van der Waals surface area contributed by atoms with Crippen molar-refractivity contribution in [1.29, 1.82) is 0 Å². The molecule has 1 amide bonds. The first kappa shape index (κ1) is 13.5. The molecule has 1 saturated carbocycles. The quantitative estimate of drug-likeness (QED) is 0.756. The van der Waals surface area contributed by atoms with E-state index in [0.29, 0.717) is 11.9 Å². The van der Waals surface area contributed by atoms with Gasteiger partial charge in [-0.3, -0.25) is 4.79 Å². The van der Waals surface area contributed by atoms with Crippen molar-refractivity contribution in [3.05, 3.63) is 5.82 Å². The fourth-order valence-corrected chi connectivity index (χ4v) is 3.43. The minimum atomic E-state index is -0.216. The van der Waals surface area contributed by atoms with Crippen molar-refractivity contribution in [2.75, 3.05) is 0 Å². The highest BCUT2D eigenvalue weighted by atomic mass is 16.2. The average molecular weight is 278 g/mol. The van der Waals surface area contributed by atoms with Crippen LogP contribution in [0, 0.1) is 5.92 Å². The highest BCUT2D eigenvalue weighted by Gasteiger charge is 2.34. The van der Waals surface area contributed by atoms with E-state index in [2.05, 4.69) is 31.3 Å². The number of piperidine rings is 1. The number of carbonyl (C=O) groups is 1. The van der Waals surface area contributed by atoms with Crippen LogP contribution in [0.25, 0.3) is 0 Å². The monoisotopic (exact) mass is 278 g/mol. The van der Waals surface area contributed by atoms with Crippen molar-refractivity contribution >= 4 is 5.91 Å². The molecule has 1 aromatic rings. The highest BCUT2D eigenvalue weighted by molar-refractivity contribution is 5.82. The van der Waals surface area contributed by atoms with Crippen LogP contribution < -0.4 is 10.6 Å². The van der Waals surface area contributed by atoms with Gasteiger partial charge in [-0.2, -0.15) is 5.21 Å². The lowest BCUT2D eigenvalue weighted by Gasteiger charge is -2.40. The van der Waals surface area contributed by atoms with E-state index in [1.165, 1.54) is 25.7 Å². The first-order valence-corrected chi connectivity index (χ1v) is 7.54. The Labute approximate surface area is 118 Å². The van der Waals surface area contributed by atoms with E-state index in [0.717, 1.165) is 18.8 Å². The largest absolute Gasteiger partial charge is 0.345 e. The third-order valence-corrected chi connectivity index (χ3v) is 4.57. The molecule has 4 atom stereocenters. The van der Waals surface area contributed by atoms with Crippen LogP contribution in [0.5, 0.6) is 0 Å². The van der Waals surface area contributed by atoms with Gasteiger partial charge >= 0.3 is 0 Å². The summed E-state index contributed by atoms with van der Waals surface area (Å²) in [6.45, 7) is 1.87. The number of aromatic nitrogens is 4. The normalized spacial score (nSPS) is 31.4. The second kappa shape index (κ2) is 5.87. The lowest BCUT2D eigenvalue weighted by atomic mass is 9.77. The summed E-state index contributed by atoms with van der Waals surface area (Å²) in [4.78, 5) is 12.3. The summed E-state index contributed by atoms with van der Waals surface area (Å²) in [6.07, 6.45) is 7.22. The van der Waals surface area contributed by atoms with Crippen molar-refractivity contribution < 1.29 is 4.79 Å². The third kappa shape index (κ3) is 2.82. The minimum Gasteiger partial charge on any atom is -0.345 e. The van der Waals surface area contributed by atoms with Gasteiger partial charge in [-0.1, -0.05) is 18.1 Å². The first-order valence-electron chi connectivity index (χ1n) is 7.54. The number of fused-ring (bicyclic) bond motifs is 1. The Balaban J connectivity index is 1.55. The molecule has 110 valence electrons. The number of aromatic amines is 1. The standard InChI is InChI=1S/C13H22N6O/c1-8(12-16-18-19-17-12)14-13(20)11-7-6-9-4-2-3-5-10(9)15-11/h8-11,15H,2-7H2,1H3,(H,14,20)(H,16,17,18,19). The maximum Gasteiger partial charge on any atom is 0.237 e. The summed E-state index contributed by atoms with van der Waals surface area (Å²) in [6, 6.07) is 0.226. The molecule has 7 nitrogen and oxygen atoms in total. The lowest BCUT2D eigenvalue weighted by Crippen LogP contribution is -2.55. The van der Waals surface area contributed by atoms with Crippen LogP contribution in [-0.2, 0) is 4.79 Å². The van der Waals surface area contributed by atoms with Crippen LogP contribution in [0.2, 0.25) is 0 Å². The molecule has 1 saturated heterocycles. The predicted molar refractivity (Wildman–Crippen MR) is 72.6 cm³/mol. The number of H-pyrrole nitrogens is 1. The van der Waals surface area contributed by atoms with Gasteiger partial charge < -0.3 is 10.6 Å². The molecular formula is C13H22N6O. The maximum absolute atomic E-state index is 12.3. The number of amides is 1. The fourth-order valence-electron chi connectivity index (χ4n) is 3.43. The zero-order chi connectivity index (χ0) is 13.9. The molecule has 2 heterocycles. The summed E-state index contributed by atoms with van der Waals surface area (Å²) in [5, 5.41) is 20.2. The maximum atomic E-state index is 12.3. The van der Waals surface area contributed by atoms with Crippen molar-refractivity contribution in [3.63, 3.8) is 0 Å². The molecule has 3 N–H and O–H groups in total. The molecule has 0 bridgehead atoms. The minimum absolute atomic E-state index is 0.0475. The molecular weight excluding hydrogens is 256 g/mol. The van der Waals surface area contributed by atoms with Crippen LogP contribution in [-0.4, -0.2) is 38.6 Å². The summed E-state index contributed by atoms with van der Waals surface area (Å²) in [7, 11) is 0. The zero-order valence-electron chi connectivity index (χ0n) is 11.8. The van der Waals surface area contributed by atoms with Crippen LogP contribution in [0.3, 0.4) is 0 Å². The number of hydrogen-bond acceptors (Lipinski definition) is 5. The molecule has 2 fully saturated rings. The second-order valence-electron chi connectivity index (χ2n) is 5.95. The van der Waals surface area contributed by atoms with Gasteiger partial charge in [0.15, 0.2) is 5.82 Å². The van der Waals surface area contributed by atoms with Crippen molar-refractivity contribution in [3.8, 4) is 0 Å². The first-order chi connectivity index (χ1) is 9.74. The van der Waals surface area contributed by atoms with Gasteiger partial charge in [0.2, 0.25) is 5.91 Å². The van der Waals surface area contributed by atoms with Crippen LogP contribution >= 0.6 is 0 Å². The lowest BCUT2D eigenvalue weighted by molar-refractivity contribution is -0.125. The van der Waals surface area contributed by atoms with E-state index < -0.39 is 0 Å². The van der Waals surface area contributed by atoms with Crippen LogP contribution in [0.1, 0.15) is 57.3 Å². The summed E-state index contributed by atoms with van der Waals surface area (Å²) >= 11 is 0. The molecule has 0 radical (unpaired) electrons. The van der Waals surface area contributed by atoms with Crippen molar-refractivity contribution in [1.82, 2.24) is 31.3 Å². The Kier molecular flexibility index (Phi) is 3.95. The Morgan fingerprint density at radius 3 is 2.95 bits per heavy atom. The van der Waals surface area contributed by atoms with Crippen LogP contribution in [0.4, 0.5) is 0 Å². The van der Waals surface area contributed by atoms with Gasteiger partial charge in [0.1, 0.15) is 0 Å². The molecule has 0 aromatic carbocycles. The Morgan fingerprint density at radius 1 is 1.30 bits per heavy atom. The van der Waals surface area contributed by atoms with Gasteiger partial charge in [0.05, 0.1) is 12.1 Å². The van der Waals surface area contributed by atoms with E-state index in [1.807, 2.05) is 6.92 Å². The SMILES string of the molecule is CC(NC(=O)C1CCC2CCCCC2N1)c1nn[nH]n1. The fraction of sp³-hybridized carbons (Fsp3) is 0.846. The summed E-state index contributed by atoms with van der Waals surface area (Å²) in [5.41, 5.74) is 0.